The van der Waals surface area contributed by atoms with E-state index >= 15 is 0 Å². The summed E-state index contributed by atoms with van der Waals surface area (Å²) < 4.78 is 7.38. The van der Waals surface area contributed by atoms with E-state index in [1.807, 2.05) is 19.2 Å². The molecule has 0 spiro atoms. The van der Waals surface area contributed by atoms with Gasteiger partial charge >= 0.3 is 0 Å². The zero-order chi connectivity index (χ0) is 14.5. The van der Waals surface area contributed by atoms with Crippen LogP contribution in [-0.4, -0.2) is 14.2 Å². The standard InChI is InChI=1S/C16H17Br2NO/c1-19-16(14-8-5-12(17)10-15(14)18)9-11-3-6-13(20-2)7-4-11/h3-8,10,16,19H,9H2,1-2H3. The van der Waals surface area contributed by atoms with E-state index < -0.39 is 0 Å². The second kappa shape index (κ2) is 7.25. The highest BCUT2D eigenvalue weighted by atomic mass is 79.9. The molecule has 0 amide bonds. The molecule has 20 heavy (non-hydrogen) atoms. The Bertz CT molecular complexity index is 569. The van der Waals surface area contributed by atoms with Crippen molar-refractivity contribution in [3.8, 4) is 5.75 Å². The second-order valence-electron chi connectivity index (χ2n) is 4.56. The lowest BCUT2D eigenvalue weighted by molar-refractivity contribution is 0.414. The third-order valence-corrected chi connectivity index (χ3v) is 4.47. The van der Waals surface area contributed by atoms with Crippen LogP contribution < -0.4 is 10.1 Å². The predicted octanol–water partition coefficient (Wildman–Crippen LogP) is 4.72. The molecular formula is C16H17Br2NO. The first kappa shape index (κ1) is 15.5. The minimum atomic E-state index is 0.269. The molecule has 0 radical (unpaired) electrons. The SMILES string of the molecule is CNC(Cc1ccc(OC)cc1)c1ccc(Br)cc1Br. The van der Waals surface area contributed by atoms with Crippen molar-refractivity contribution in [1.29, 1.82) is 0 Å². The average molecular weight is 399 g/mol. The Kier molecular flexibility index (Phi) is 5.64. The summed E-state index contributed by atoms with van der Waals surface area (Å²) in [5, 5.41) is 3.38. The molecule has 0 bridgehead atoms. The van der Waals surface area contributed by atoms with Crippen molar-refractivity contribution in [2.24, 2.45) is 0 Å². The number of nitrogens with one attached hydrogen (secondary N) is 1. The van der Waals surface area contributed by atoms with Crippen LogP contribution in [0.5, 0.6) is 5.75 Å². The maximum absolute atomic E-state index is 5.19. The summed E-state index contributed by atoms with van der Waals surface area (Å²) in [6.45, 7) is 0. The average Bonchev–Trinajstić information content (AvgIpc) is 2.46. The molecule has 1 N–H and O–H groups in total. The summed E-state index contributed by atoms with van der Waals surface area (Å²) in [7, 11) is 3.67. The molecule has 2 aromatic carbocycles. The van der Waals surface area contributed by atoms with Gasteiger partial charge in [0.25, 0.3) is 0 Å². The van der Waals surface area contributed by atoms with E-state index in [0.717, 1.165) is 21.1 Å². The first-order valence-electron chi connectivity index (χ1n) is 6.39. The lowest BCUT2D eigenvalue weighted by Gasteiger charge is -2.18. The molecule has 4 heteroatoms. The van der Waals surface area contributed by atoms with Crippen LogP contribution in [0.15, 0.2) is 51.4 Å². The molecule has 0 aliphatic rings. The smallest absolute Gasteiger partial charge is 0.118 e. The Morgan fingerprint density at radius 3 is 2.35 bits per heavy atom. The van der Waals surface area contributed by atoms with Gasteiger partial charge in [0.2, 0.25) is 0 Å². The van der Waals surface area contributed by atoms with E-state index in [0.29, 0.717) is 0 Å². The van der Waals surface area contributed by atoms with Crippen LogP contribution in [0.3, 0.4) is 0 Å². The van der Waals surface area contributed by atoms with Crippen LogP contribution in [0, 0.1) is 0 Å². The van der Waals surface area contributed by atoms with Crippen LogP contribution in [0.25, 0.3) is 0 Å². The van der Waals surface area contributed by atoms with Gasteiger partial charge in [-0.05, 0) is 48.9 Å². The quantitative estimate of drug-likeness (QED) is 0.786. The van der Waals surface area contributed by atoms with Crippen LogP contribution in [-0.2, 0) is 6.42 Å². The zero-order valence-electron chi connectivity index (χ0n) is 11.5. The van der Waals surface area contributed by atoms with Crippen molar-refractivity contribution in [3.05, 3.63) is 62.5 Å². The minimum absolute atomic E-state index is 0.269. The van der Waals surface area contributed by atoms with Gasteiger partial charge in [-0.1, -0.05) is 50.1 Å². The Labute approximate surface area is 136 Å². The van der Waals surface area contributed by atoms with E-state index in [2.05, 4.69) is 67.5 Å². The molecule has 0 fully saturated rings. The molecule has 2 aromatic rings. The predicted molar refractivity (Wildman–Crippen MR) is 90.3 cm³/mol. The molecule has 2 rings (SSSR count). The topological polar surface area (TPSA) is 21.3 Å². The first-order valence-corrected chi connectivity index (χ1v) is 7.97. The van der Waals surface area contributed by atoms with Crippen molar-refractivity contribution in [2.75, 3.05) is 14.2 Å². The minimum Gasteiger partial charge on any atom is -0.497 e. The molecule has 1 atom stereocenters. The Morgan fingerprint density at radius 2 is 1.80 bits per heavy atom. The Morgan fingerprint density at radius 1 is 1.10 bits per heavy atom. The summed E-state index contributed by atoms with van der Waals surface area (Å²) in [4.78, 5) is 0. The van der Waals surface area contributed by atoms with Crippen molar-refractivity contribution < 1.29 is 4.74 Å². The van der Waals surface area contributed by atoms with Crippen LogP contribution in [0.4, 0.5) is 0 Å². The number of rotatable bonds is 5. The third-order valence-electron chi connectivity index (χ3n) is 3.29. The fourth-order valence-corrected chi connectivity index (χ4v) is 3.47. The van der Waals surface area contributed by atoms with Gasteiger partial charge in [0, 0.05) is 15.0 Å². The van der Waals surface area contributed by atoms with Gasteiger partial charge in [0.15, 0.2) is 0 Å². The summed E-state index contributed by atoms with van der Waals surface area (Å²) in [5.74, 6) is 0.888. The number of benzene rings is 2. The fraction of sp³-hybridized carbons (Fsp3) is 0.250. The monoisotopic (exact) mass is 397 g/mol. The highest BCUT2D eigenvalue weighted by molar-refractivity contribution is 9.11. The normalized spacial score (nSPS) is 12.2. The van der Waals surface area contributed by atoms with E-state index in [9.17, 15) is 0 Å². The van der Waals surface area contributed by atoms with Crippen molar-refractivity contribution in [2.45, 2.75) is 12.5 Å². The van der Waals surface area contributed by atoms with E-state index in [1.54, 1.807) is 7.11 Å². The van der Waals surface area contributed by atoms with Crippen LogP contribution in [0.2, 0.25) is 0 Å². The van der Waals surface area contributed by atoms with Gasteiger partial charge in [-0.25, -0.2) is 0 Å². The van der Waals surface area contributed by atoms with Gasteiger partial charge in [0.1, 0.15) is 5.75 Å². The van der Waals surface area contributed by atoms with Gasteiger partial charge < -0.3 is 10.1 Å². The number of methoxy groups -OCH3 is 1. The fourth-order valence-electron chi connectivity index (χ4n) is 2.15. The number of hydrogen-bond acceptors (Lipinski definition) is 2. The molecular weight excluding hydrogens is 382 g/mol. The molecule has 0 saturated heterocycles. The molecule has 0 heterocycles. The van der Waals surface area contributed by atoms with Crippen molar-refractivity contribution in [3.63, 3.8) is 0 Å². The van der Waals surface area contributed by atoms with Gasteiger partial charge in [-0.15, -0.1) is 0 Å². The number of halogens is 2. The molecule has 1 unspecified atom stereocenters. The van der Waals surface area contributed by atoms with Gasteiger partial charge in [-0.3, -0.25) is 0 Å². The lowest BCUT2D eigenvalue weighted by Crippen LogP contribution is -2.19. The number of likely N-dealkylation sites (N-methyl/N-ethyl adjacent to an activating group) is 1. The van der Waals surface area contributed by atoms with Crippen LogP contribution >= 0.6 is 31.9 Å². The first-order chi connectivity index (χ1) is 9.63. The molecule has 0 aliphatic carbocycles. The second-order valence-corrected chi connectivity index (χ2v) is 6.33. The maximum Gasteiger partial charge on any atom is 0.118 e. The Balaban J connectivity index is 2.19. The van der Waals surface area contributed by atoms with Gasteiger partial charge in [-0.2, -0.15) is 0 Å². The lowest BCUT2D eigenvalue weighted by atomic mass is 9.99. The number of ether oxygens (including phenoxy) is 1. The third kappa shape index (κ3) is 3.84. The zero-order valence-corrected chi connectivity index (χ0v) is 14.7. The van der Waals surface area contributed by atoms with Crippen LogP contribution in [0.1, 0.15) is 17.2 Å². The molecule has 0 saturated carbocycles. The molecule has 106 valence electrons. The highest BCUT2D eigenvalue weighted by Gasteiger charge is 2.13. The molecule has 0 aromatic heterocycles. The van der Waals surface area contributed by atoms with Crippen molar-refractivity contribution >= 4 is 31.9 Å². The van der Waals surface area contributed by atoms with E-state index in [1.165, 1.54) is 11.1 Å². The number of hydrogen-bond donors (Lipinski definition) is 1. The Hall–Kier alpha value is -0.840. The summed E-state index contributed by atoms with van der Waals surface area (Å²) in [5.41, 5.74) is 2.53. The molecule has 0 aliphatic heterocycles. The summed E-state index contributed by atoms with van der Waals surface area (Å²) >= 11 is 7.12. The van der Waals surface area contributed by atoms with Gasteiger partial charge in [0.05, 0.1) is 7.11 Å². The highest BCUT2D eigenvalue weighted by Crippen LogP contribution is 2.29. The summed E-state index contributed by atoms with van der Waals surface area (Å²) in [6.07, 6.45) is 0.931. The summed E-state index contributed by atoms with van der Waals surface area (Å²) in [6, 6.07) is 14.8. The maximum atomic E-state index is 5.19. The van der Waals surface area contributed by atoms with E-state index in [4.69, 9.17) is 4.74 Å². The van der Waals surface area contributed by atoms with Crippen molar-refractivity contribution in [1.82, 2.24) is 5.32 Å². The largest absolute Gasteiger partial charge is 0.497 e. The molecule has 2 nitrogen and oxygen atoms in total. The van der Waals surface area contributed by atoms with E-state index in [-0.39, 0.29) is 6.04 Å².